The Balaban J connectivity index is 2.46. The first-order chi connectivity index (χ1) is 8.76. The molecule has 0 saturated heterocycles. The molecule has 1 rings (SSSR count). The number of benzene rings is 1. The maximum absolute atomic E-state index is 11.5. The van der Waals surface area contributed by atoms with Crippen LogP contribution in [0.3, 0.4) is 0 Å². The molecule has 4 nitrogen and oxygen atoms in total. The van der Waals surface area contributed by atoms with E-state index in [4.69, 9.17) is 10.4 Å². The van der Waals surface area contributed by atoms with Crippen molar-refractivity contribution in [2.75, 3.05) is 23.4 Å². The fourth-order valence-electron chi connectivity index (χ4n) is 1.47. The molecule has 0 aliphatic carbocycles. The summed E-state index contributed by atoms with van der Waals surface area (Å²) in [6.07, 6.45) is 1.51. The maximum Gasteiger partial charge on any atom is 0.234 e. The van der Waals surface area contributed by atoms with Crippen LogP contribution < -0.4 is 5.32 Å². The van der Waals surface area contributed by atoms with Crippen molar-refractivity contribution in [3.63, 3.8) is 0 Å². The van der Waals surface area contributed by atoms with Crippen LogP contribution in [0.15, 0.2) is 24.3 Å². The van der Waals surface area contributed by atoms with Crippen LogP contribution in [0.1, 0.15) is 12.0 Å². The third-order valence-corrected chi connectivity index (χ3v) is 3.03. The summed E-state index contributed by atoms with van der Waals surface area (Å²) in [5.41, 5.74) is 1.85. The molecule has 5 heteroatoms. The molecule has 0 bridgehead atoms. The number of anilines is 1. The quantitative estimate of drug-likeness (QED) is 0.737. The predicted molar refractivity (Wildman–Crippen MR) is 73.4 cm³/mol. The summed E-state index contributed by atoms with van der Waals surface area (Å²) in [5.74, 6) is 0.507. The third-order valence-electron chi connectivity index (χ3n) is 2.23. The molecule has 0 aliphatic rings. The molecule has 0 heterocycles. The summed E-state index contributed by atoms with van der Waals surface area (Å²) < 4.78 is 0. The highest BCUT2D eigenvalue weighted by atomic mass is 32.2. The Morgan fingerprint density at radius 3 is 3.06 bits per heavy atom. The number of rotatable bonds is 7. The number of hydrogen-bond donors (Lipinski definition) is 2. The van der Waals surface area contributed by atoms with Gasteiger partial charge in [-0.05, 0) is 30.5 Å². The lowest BCUT2D eigenvalue weighted by molar-refractivity contribution is -0.113. The first-order valence-corrected chi connectivity index (χ1v) is 6.86. The molecular weight excluding hydrogens is 248 g/mol. The van der Waals surface area contributed by atoms with Crippen molar-refractivity contribution in [2.45, 2.75) is 12.8 Å². The van der Waals surface area contributed by atoms with E-state index in [1.54, 1.807) is 0 Å². The molecule has 0 spiro atoms. The molecule has 0 radical (unpaired) electrons. The number of amides is 1. The fourth-order valence-corrected chi connectivity index (χ4v) is 1.93. The number of nitrogens with one attached hydrogen (secondary N) is 1. The van der Waals surface area contributed by atoms with Gasteiger partial charge in [-0.2, -0.15) is 5.26 Å². The Morgan fingerprint density at radius 2 is 2.33 bits per heavy atom. The lowest BCUT2D eigenvalue weighted by Gasteiger charge is -2.06. The van der Waals surface area contributed by atoms with Crippen molar-refractivity contribution < 1.29 is 9.90 Å². The van der Waals surface area contributed by atoms with E-state index in [0.717, 1.165) is 24.1 Å². The molecule has 0 aromatic heterocycles. The van der Waals surface area contributed by atoms with Crippen LogP contribution in [0.2, 0.25) is 0 Å². The van der Waals surface area contributed by atoms with E-state index in [0.29, 0.717) is 5.75 Å². The smallest absolute Gasteiger partial charge is 0.234 e. The molecule has 96 valence electrons. The minimum Gasteiger partial charge on any atom is -0.396 e. The zero-order chi connectivity index (χ0) is 13.2. The number of nitrogens with zero attached hydrogens (tertiary/aromatic N) is 1. The van der Waals surface area contributed by atoms with Crippen molar-refractivity contribution in [3.05, 3.63) is 29.8 Å². The molecule has 0 aliphatic heterocycles. The van der Waals surface area contributed by atoms with E-state index in [9.17, 15) is 4.79 Å². The molecule has 0 saturated carbocycles. The van der Waals surface area contributed by atoms with E-state index in [1.165, 1.54) is 11.8 Å². The summed E-state index contributed by atoms with van der Waals surface area (Å²) in [6, 6.07) is 9.56. The molecule has 2 N–H and O–H groups in total. The van der Waals surface area contributed by atoms with E-state index < -0.39 is 0 Å². The number of hydrogen-bond acceptors (Lipinski definition) is 4. The van der Waals surface area contributed by atoms with Gasteiger partial charge in [0.1, 0.15) is 0 Å². The number of thioether (sulfide) groups is 1. The first kappa shape index (κ1) is 14.6. The molecule has 1 aromatic carbocycles. The van der Waals surface area contributed by atoms with E-state index in [2.05, 4.69) is 5.32 Å². The molecule has 1 aromatic rings. The van der Waals surface area contributed by atoms with Gasteiger partial charge in [0, 0.05) is 12.3 Å². The van der Waals surface area contributed by atoms with Gasteiger partial charge in [0.25, 0.3) is 0 Å². The lowest BCUT2D eigenvalue weighted by atomic mass is 10.1. The summed E-state index contributed by atoms with van der Waals surface area (Å²) in [5, 5.41) is 19.9. The van der Waals surface area contributed by atoms with Crippen LogP contribution in [-0.4, -0.2) is 29.1 Å². The van der Waals surface area contributed by atoms with Crippen LogP contribution in [0, 0.1) is 11.3 Å². The van der Waals surface area contributed by atoms with Gasteiger partial charge in [0.15, 0.2) is 0 Å². The van der Waals surface area contributed by atoms with Gasteiger partial charge in [-0.25, -0.2) is 0 Å². The van der Waals surface area contributed by atoms with E-state index >= 15 is 0 Å². The second-order valence-corrected chi connectivity index (χ2v) is 4.71. The Labute approximate surface area is 111 Å². The monoisotopic (exact) mass is 264 g/mol. The van der Waals surface area contributed by atoms with Crippen molar-refractivity contribution >= 4 is 23.4 Å². The Bertz CT molecular complexity index is 429. The minimum absolute atomic E-state index is 0.102. The van der Waals surface area contributed by atoms with Gasteiger partial charge in [-0.1, -0.05) is 12.1 Å². The standard InChI is InChI=1S/C13H16N2O2S/c14-6-8-18-10-13(17)15-12-5-1-3-11(9-12)4-2-7-16/h1,3,5,9,16H,2,4,7-8,10H2,(H,15,17). The Hall–Kier alpha value is -1.51. The highest BCUT2D eigenvalue weighted by Crippen LogP contribution is 2.12. The first-order valence-electron chi connectivity index (χ1n) is 5.70. The number of aliphatic hydroxyl groups is 1. The highest BCUT2D eigenvalue weighted by Gasteiger charge is 2.03. The van der Waals surface area contributed by atoms with E-state index in [-0.39, 0.29) is 18.3 Å². The molecule has 1 amide bonds. The Morgan fingerprint density at radius 1 is 1.50 bits per heavy atom. The van der Waals surface area contributed by atoms with Gasteiger partial charge < -0.3 is 10.4 Å². The minimum atomic E-state index is -0.102. The van der Waals surface area contributed by atoms with E-state index in [1.807, 2.05) is 30.3 Å². The summed E-state index contributed by atoms with van der Waals surface area (Å²) in [6.45, 7) is 0.168. The average Bonchev–Trinajstić information content (AvgIpc) is 2.37. The number of carbonyl (C=O) groups excluding carboxylic acids is 1. The molecule has 0 atom stereocenters. The zero-order valence-electron chi connectivity index (χ0n) is 10.1. The largest absolute Gasteiger partial charge is 0.396 e. The van der Waals surface area contributed by atoms with Gasteiger partial charge in [-0.3, -0.25) is 4.79 Å². The summed E-state index contributed by atoms with van der Waals surface area (Å²) in [4.78, 5) is 11.5. The number of nitriles is 1. The van der Waals surface area contributed by atoms with Gasteiger partial charge in [-0.15, -0.1) is 11.8 Å². The summed E-state index contributed by atoms with van der Waals surface area (Å²) >= 11 is 1.29. The van der Waals surface area contributed by atoms with Crippen molar-refractivity contribution in [2.24, 2.45) is 0 Å². The van der Waals surface area contributed by atoms with Crippen LogP contribution in [-0.2, 0) is 11.2 Å². The van der Waals surface area contributed by atoms with Crippen molar-refractivity contribution in [1.82, 2.24) is 0 Å². The lowest BCUT2D eigenvalue weighted by Crippen LogP contribution is -2.14. The second-order valence-electron chi connectivity index (χ2n) is 3.73. The van der Waals surface area contributed by atoms with Crippen molar-refractivity contribution in [1.29, 1.82) is 5.26 Å². The molecular formula is C13H16N2O2S. The predicted octanol–water partition coefficient (Wildman–Crippen LogP) is 1.81. The van der Waals surface area contributed by atoms with Crippen molar-refractivity contribution in [3.8, 4) is 6.07 Å². The highest BCUT2D eigenvalue weighted by molar-refractivity contribution is 8.00. The second kappa shape index (κ2) is 8.56. The van der Waals surface area contributed by atoms with Gasteiger partial charge in [0.2, 0.25) is 5.91 Å². The van der Waals surface area contributed by atoms with Crippen LogP contribution in [0.25, 0.3) is 0 Å². The molecule has 18 heavy (non-hydrogen) atoms. The molecule has 0 unspecified atom stereocenters. The number of aliphatic hydroxyl groups excluding tert-OH is 1. The van der Waals surface area contributed by atoms with Crippen LogP contribution in [0.5, 0.6) is 0 Å². The third kappa shape index (κ3) is 5.71. The number of carbonyl (C=O) groups is 1. The number of aryl methyl sites for hydroxylation is 1. The van der Waals surface area contributed by atoms with Crippen LogP contribution >= 0.6 is 11.8 Å². The zero-order valence-corrected chi connectivity index (χ0v) is 10.9. The SMILES string of the molecule is N#CCSCC(=O)Nc1cccc(CCCO)c1. The fraction of sp³-hybridized carbons (Fsp3) is 0.385. The van der Waals surface area contributed by atoms with Gasteiger partial charge in [0.05, 0.1) is 17.6 Å². The molecule has 0 fully saturated rings. The Kier molecular flexibility index (Phi) is 6.92. The average molecular weight is 264 g/mol. The van der Waals surface area contributed by atoms with Gasteiger partial charge >= 0.3 is 0 Å². The van der Waals surface area contributed by atoms with Crippen LogP contribution in [0.4, 0.5) is 5.69 Å². The topological polar surface area (TPSA) is 73.1 Å². The summed E-state index contributed by atoms with van der Waals surface area (Å²) in [7, 11) is 0. The maximum atomic E-state index is 11.5. The normalized spacial score (nSPS) is 9.78.